The molecule has 1 N–H and O–H groups in total. The molecule has 0 saturated carbocycles. The summed E-state index contributed by atoms with van der Waals surface area (Å²) in [6.45, 7) is 3.96. The molecule has 3 aromatic rings. The normalized spacial score (nSPS) is 14.7. The number of benzene rings is 3. The molecule has 4 amide bonds. The number of barbiturate groups is 1. The van der Waals surface area contributed by atoms with Crippen LogP contribution in [0.15, 0.2) is 72.3 Å². The zero-order valence-corrected chi connectivity index (χ0v) is 19.0. The summed E-state index contributed by atoms with van der Waals surface area (Å²) < 4.78 is 5.76. The number of nitrogens with zero attached hydrogens (tertiary/aromatic N) is 2. The summed E-state index contributed by atoms with van der Waals surface area (Å²) in [5.74, 6) is -1.03. The third-order valence-corrected chi connectivity index (χ3v) is 5.57. The van der Waals surface area contributed by atoms with E-state index in [0.29, 0.717) is 17.0 Å². The van der Waals surface area contributed by atoms with Crippen molar-refractivity contribution in [3.05, 3.63) is 105 Å². The van der Waals surface area contributed by atoms with Crippen LogP contribution in [0.4, 0.5) is 16.2 Å². The van der Waals surface area contributed by atoms with Crippen LogP contribution in [0.5, 0.6) is 5.75 Å². The minimum atomic E-state index is -0.805. The second-order valence-electron chi connectivity index (χ2n) is 8.01. The fourth-order valence-corrected chi connectivity index (χ4v) is 3.50. The molecule has 0 unspecified atom stereocenters. The van der Waals surface area contributed by atoms with Crippen LogP contribution in [0, 0.1) is 24.0 Å². The predicted molar refractivity (Wildman–Crippen MR) is 129 cm³/mol. The van der Waals surface area contributed by atoms with Crippen molar-refractivity contribution in [1.29, 1.82) is 0 Å². The van der Waals surface area contributed by atoms with Gasteiger partial charge in [0.2, 0.25) is 0 Å². The highest BCUT2D eigenvalue weighted by atomic mass is 16.6. The third-order valence-electron chi connectivity index (χ3n) is 5.57. The van der Waals surface area contributed by atoms with E-state index in [1.165, 1.54) is 18.2 Å². The van der Waals surface area contributed by atoms with Gasteiger partial charge in [0.15, 0.2) is 0 Å². The number of carbonyl (C=O) groups excluding carboxylic acids is 3. The minimum Gasteiger partial charge on any atom is -0.489 e. The van der Waals surface area contributed by atoms with Crippen molar-refractivity contribution >= 4 is 35.3 Å². The highest BCUT2D eigenvalue weighted by Gasteiger charge is 2.36. The van der Waals surface area contributed by atoms with Crippen LogP contribution < -0.4 is 15.0 Å². The van der Waals surface area contributed by atoms with Crippen molar-refractivity contribution in [3.63, 3.8) is 0 Å². The van der Waals surface area contributed by atoms with Gasteiger partial charge in [-0.15, -0.1) is 0 Å². The van der Waals surface area contributed by atoms with Crippen LogP contribution in [0.25, 0.3) is 6.08 Å². The van der Waals surface area contributed by atoms with E-state index in [1.807, 2.05) is 13.8 Å². The van der Waals surface area contributed by atoms with Gasteiger partial charge in [0.05, 0.1) is 10.6 Å². The standard InChI is InChI=1S/C26H21N3O6/c1-16-6-9-21(12-17(16)2)28-25(31)23(24(30)27-26(28)32)14-19-4-3-5-22(13-19)35-15-18-7-10-20(11-8-18)29(33)34/h3-14H,15H2,1-2H3,(H,27,30,32). The lowest BCUT2D eigenvalue weighted by Gasteiger charge is -2.26. The number of nitro benzene ring substituents is 1. The Kier molecular flexibility index (Phi) is 6.41. The fraction of sp³-hybridized carbons (Fsp3) is 0.115. The molecule has 1 aliphatic rings. The van der Waals surface area contributed by atoms with Gasteiger partial charge in [0.25, 0.3) is 17.5 Å². The first-order chi connectivity index (χ1) is 16.7. The van der Waals surface area contributed by atoms with Gasteiger partial charge in [-0.2, -0.15) is 0 Å². The number of amides is 4. The highest BCUT2D eigenvalue weighted by molar-refractivity contribution is 6.39. The van der Waals surface area contributed by atoms with Crippen LogP contribution in [0.1, 0.15) is 22.3 Å². The lowest BCUT2D eigenvalue weighted by molar-refractivity contribution is -0.384. The number of non-ortho nitro benzene ring substituents is 1. The monoisotopic (exact) mass is 471 g/mol. The number of carbonyl (C=O) groups is 3. The molecule has 9 nitrogen and oxygen atoms in total. The van der Waals surface area contributed by atoms with Crippen molar-refractivity contribution in [2.24, 2.45) is 0 Å². The molecular formula is C26H21N3O6. The largest absolute Gasteiger partial charge is 0.489 e. The summed E-state index contributed by atoms with van der Waals surface area (Å²) in [5.41, 5.74) is 3.36. The topological polar surface area (TPSA) is 119 Å². The molecular weight excluding hydrogens is 450 g/mol. The number of anilines is 1. The number of imide groups is 2. The van der Waals surface area contributed by atoms with Gasteiger partial charge < -0.3 is 4.74 Å². The molecule has 0 bridgehead atoms. The first kappa shape index (κ1) is 23.4. The van der Waals surface area contributed by atoms with Crippen molar-refractivity contribution in [3.8, 4) is 5.75 Å². The van der Waals surface area contributed by atoms with E-state index in [-0.39, 0.29) is 17.9 Å². The number of hydrogen-bond donors (Lipinski definition) is 1. The van der Waals surface area contributed by atoms with Gasteiger partial charge in [0.1, 0.15) is 17.9 Å². The van der Waals surface area contributed by atoms with Crippen LogP contribution in [0.2, 0.25) is 0 Å². The maximum Gasteiger partial charge on any atom is 0.335 e. The van der Waals surface area contributed by atoms with E-state index >= 15 is 0 Å². The Balaban J connectivity index is 1.54. The van der Waals surface area contributed by atoms with E-state index in [4.69, 9.17) is 4.74 Å². The van der Waals surface area contributed by atoms with E-state index in [0.717, 1.165) is 21.6 Å². The zero-order chi connectivity index (χ0) is 25.1. The zero-order valence-electron chi connectivity index (χ0n) is 19.0. The molecule has 0 spiro atoms. The van der Waals surface area contributed by atoms with Gasteiger partial charge in [-0.25, -0.2) is 9.69 Å². The second-order valence-corrected chi connectivity index (χ2v) is 8.01. The van der Waals surface area contributed by atoms with Crippen LogP contribution in [0.3, 0.4) is 0 Å². The van der Waals surface area contributed by atoms with Gasteiger partial charge in [-0.1, -0.05) is 18.2 Å². The van der Waals surface area contributed by atoms with Crippen molar-refractivity contribution in [2.45, 2.75) is 20.5 Å². The Morgan fingerprint density at radius 2 is 1.71 bits per heavy atom. The number of aryl methyl sites for hydroxylation is 2. The van der Waals surface area contributed by atoms with E-state index in [9.17, 15) is 24.5 Å². The maximum atomic E-state index is 13.1. The predicted octanol–water partition coefficient (Wildman–Crippen LogP) is 4.46. The molecule has 1 fully saturated rings. The fourth-order valence-electron chi connectivity index (χ4n) is 3.50. The number of ether oxygens (including phenoxy) is 1. The van der Waals surface area contributed by atoms with Gasteiger partial charge in [-0.3, -0.25) is 25.0 Å². The number of hydrogen-bond acceptors (Lipinski definition) is 6. The minimum absolute atomic E-state index is 0.00822. The molecule has 0 aromatic heterocycles. The maximum absolute atomic E-state index is 13.1. The van der Waals surface area contributed by atoms with Crippen LogP contribution in [-0.4, -0.2) is 22.8 Å². The summed E-state index contributed by atoms with van der Waals surface area (Å²) in [6.07, 6.45) is 1.40. The van der Waals surface area contributed by atoms with E-state index in [1.54, 1.807) is 54.6 Å². The molecule has 0 aliphatic carbocycles. The summed E-state index contributed by atoms with van der Waals surface area (Å²) >= 11 is 0. The molecule has 4 rings (SSSR count). The van der Waals surface area contributed by atoms with Crippen molar-refractivity contribution in [1.82, 2.24) is 5.32 Å². The number of nitro groups is 1. The summed E-state index contributed by atoms with van der Waals surface area (Å²) in [5, 5.41) is 13.0. The Labute approximate surface area is 200 Å². The number of urea groups is 1. The molecule has 1 aliphatic heterocycles. The highest BCUT2D eigenvalue weighted by Crippen LogP contribution is 2.25. The Hall–Kier alpha value is -4.79. The molecule has 1 saturated heterocycles. The van der Waals surface area contributed by atoms with Crippen molar-refractivity contribution < 1.29 is 24.0 Å². The summed E-state index contributed by atoms with van der Waals surface area (Å²) in [4.78, 5) is 49.3. The summed E-state index contributed by atoms with van der Waals surface area (Å²) in [6, 6.07) is 17.1. The molecule has 9 heteroatoms. The Morgan fingerprint density at radius 3 is 2.40 bits per heavy atom. The van der Waals surface area contributed by atoms with E-state index in [2.05, 4.69) is 5.32 Å². The number of rotatable bonds is 6. The second kappa shape index (κ2) is 9.60. The van der Waals surface area contributed by atoms with Crippen LogP contribution in [-0.2, 0) is 16.2 Å². The smallest absolute Gasteiger partial charge is 0.335 e. The lowest BCUT2D eigenvalue weighted by Crippen LogP contribution is -2.54. The van der Waals surface area contributed by atoms with Crippen LogP contribution >= 0.6 is 0 Å². The molecule has 3 aromatic carbocycles. The van der Waals surface area contributed by atoms with Gasteiger partial charge in [-0.05, 0) is 78.6 Å². The Bertz CT molecular complexity index is 1380. The molecule has 0 atom stereocenters. The van der Waals surface area contributed by atoms with Gasteiger partial charge >= 0.3 is 6.03 Å². The SMILES string of the molecule is Cc1ccc(N2C(=O)NC(=O)C(=Cc3cccc(OCc4ccc([N+](=O)[O-])cc4)c3)C2=O)cc1C. The molecule has 0 radical (unpaired) electrons. The Morgan fingerprint density at radius 1 is 0.971 bits per heavy atom. The van der Waals surface area contributed by atoms with Gasteiger partial charge in [0, 0.05) is 12.1 Å². The average molecular weight is 471 g/mol. The molecule has 1 heterocycles. The molecule has 35 heavy (non-hydrogen) atoms. The first-order valence-corrected chi connectivity index (χ1v) is 10.7. The quantitative estimate of drug-likeness (QED) is 0.245. The first-order valence-electron chi connectivity index (χ1n) is 10.7. The summed E-state index contributed by atoms with van der Waals surface area (Å²) in [7, 11) is 0. The lowest BCUT2D eigenvalue weighted by atomic mass is 10.0. The third kappa shape index (κ3) is 5.09. The average Bonchev–Trinajstić information content (AvgIpc) is 2.83. The number of nitrogens with one attached hydrogen (secondary N) is 1. The van der Waals surface area contributed by atoms with Crippen molar-refractivity contribution in [2.75, 3.05) is 4.90 Å². The molecule has 176 valence electrons. The van der Waals surface area contributed by atoms with E-state index < -0.39 is 22.8 Å².